The van der Waals surface area contributed by atoms with E-state index in [1.807, 2.05) is 39.2 Å². The van der Waals surface area contributed by atoms with Crippen LogP contribution in [0.25, 0.3) is 6.08 Å². The summed E-state index contributed by atoms with van der Waals surface area (Å²) in [5, 5.41) is 25.1. The SMILES string of the molecule is CCC[C@H]1C(=O)C(C)(C)[C@@H](O)CC(=O)O[C@H](/C(C)=C/c2csc(C)n2)C[C@@H]2O[C@@]2(C)CCC[C@@H](C)[C@H]1O. The summed E-state index contributed by atoms with van der Waals surface area (Å²) in [6, 6.07) is 0. The number of ketones is 1. The zero-order chi connectivity index (χ0) is 27.5. The maximum Gasteiger partial charge on any atom is 0.309 e. The molecule has 2 aliphatic heterocycles. The molecule has 0 radical (unpaired) electrons. The normalized spacial score (nSPS) is 36.1. The fourth-order valence-corrected chi connectivity index (χ4v) is 6.04. The van der Waals surface area contributed by atoms with E-state index in [-0.39, 0.29) is 29.8 Å². The highest BCUT2D eigenvalue weighted by atomic mass is 32.1. The van der Waals surface area contributed by atoms with Crippen LogP contribution >= 0.6 is 11.3 Å². The van der Waals surface area contributed by atoms with Crippen molar-refractivity contribution in [3.8, 4) is 0 Å². The van der Waals surface area contributed by atoms with Gasteiger partial charge in [0.1, 0.15) is 11.9 Å². The third-order valence-corrected chi connectivity index (χ3v) is 9.14. The Kier molecular flexibility index (Phi) is 9.76. The van der Waals surface area contributed by atoms with Gasteiger partial charge in [0.15, 0.2) is 0 Å². The summed E-state index contributed by atoms with van der Waals surface area (Å²) in [5.41, 5.74) is 0.184. The molecular formula is C29H45NO6S. The minimum atomic E-state index is -1.23. The van der Waals surface area contributed by atoms with Gasteiger partial charge in [-0.25, -0.2) is 4.98 Å². The molecule has 0 aliphatic carbocycles. The van der Waals surface area contributed by atoms with Gasteiger partial charge < -0.3 is 19.7 Å². The van der Waals surface area contributed by atoms with Crippen LogP contribution in [0.1, 0.15) is 97.2 Å². The molecule has 2 aliphatic rings. The number of aliphatic hydroxyl groups excluding tert-OH is 2. The molecule has 0 amide bonds. The number of aryl methyl sites for hydroxylation is 1. The lowest BCUT2D eigenvalue weighted by Crippen LogP contribution is -2.46. The first kappa shape index (κ1) is 29.9. The van der Waals surface area contributed by atoms with Crippen LogP contribution in [0.4, 0.5) is 0 Å². The molecule has 3 rings (SSSR count). The predicted octanol–water partition coefficient (Wildman–Crippen LogP) is 5.26. The molecule has 2 fully saturated rings. The summed E-state index contributed by atoms with van der Waals surface area (Å²) in [6.07, 6.45) is 3.32. The van der Waals surface area contributed by atoms with Crippen LogP contribution in [0.15, 0.2) is 11.0 Å². The number of fused-ring (bicyclic) bond motifs is 1. The first-order valence-electron chi connectivity index (χ1n) is 13.7. The second-order valence-corrected chi connectivity index (χ2v) is 12.9. The Morgan fingerprint density at radius 2 is 1.97 bits per heavy atom. The van der Waals surface area contributed by atoms with E-state index in [2.05, 4.69) is 11.9 Å². The average Bonchev–Trinajstić information content (AvgIpc) is 3.27. The Labute approximate surface area is 225 Å². The van der Waals surface area contributed by atoms with E-state index in [1.165, 1.54) is 0 Å². The molecule has 1 aromatic heterocycles. The zero-order valence-electron chi connectivity index (χ0n) is 23.5. The topological polar surface area (TPSA) is 109 Å². The number of nitrogens with zero attached hydrogens (tertiary/aromatic N) is 1. The van der Waals surface area contributed by atoms with Crippen molar-refractivity contribution < 1.29 is 29.3 Å². The second-order valence-electron chi connectivity index (χ2n) is 11.9. The van der Waals surface area contributed by atoms with Gasteiger partial charge in [0, 0.05) is 17.7 Å². The van der Waals surface area contributed by atoms with E-state index >= 15 is 0 Å². The van der Waals surface area contributed by atoms with Crippen molar-refractivity contribution in [2.45, 2.75) is 123 Å². The molecule has 0 bridgehead atoms. The molecule has 1 aromatic rings. The lowest BCUT2D eigenvalue weighted by molar-refractivity contribution is -0.154. The van der Waals surface area contributed by atoms with Crippen molar-refractivity contribution in [3.63, 3.8) is 0 Å². The van der Waals surface area contributed by atoms with Crippen LogP contribution in [0.2, 0.25) is 0 Å². The highest BCUT2D eigenvalue weighted by molar-refractivity contribution is 7.09. The third-order valence-electron chi connectivity index (χ3n) is 8.35. The Morgan fingerprint density at radius 1 is 1.27 bits per heavy atom. The first-order valence-corrected chi connectivity index (χ1v) is 14.5. The number of hydrogen-bond donors (Lipinski definition) is 2. The number of Topliss-reactive ketones (excluding diaryl/α,β-unsaturated/α-hetero) is 1. The molecule has 0 aromatic carbocycles. The number of epoxide rings is 1. The summed E-state index contributed by atoms with van der Waals surface area (Å²) < 4.78 is 12.0. The predicted molar refractivity (Wildman–Crippen MR) is 145 cm³/mol. The van der Waals surface area contributed by atoms with Crippen LogP contribution in [-0.2, 0) is 19.1 Å². The van der Waals surface area contributed by atoms with Crippen molar-refractivity contribution in [2.24, 2.45) is 17.3 Å². The zero-order valence-corrected chi connectivity index (χ0v) is 24.3. The van der Waals surface area contributed by atoms with E-state index in [4.69, 9.17) is 9.47 Å². The Morgan fingerprint density at radius 3 is 2.59 bits per heavy atom. The molecule has 2 N–H and O–H groups in total. The number of hydrogen-bond acceptors (Lipinski definition) is 8. The number of thiazole rings is 1. The Hall–Kier alpha value is -1.61. The molecule has 0 saturated carbocycles. The average molecular weight is 536 g/mol. The molecule has 208 valence electrons. The van der Waals surface area contributed by atoms with Gasteiger partial charge in [-0.05, 0) is 57.6 Å². The number of ether oxygens (including phenoxy) is 2. The minimum absolute atomic E-state index is 0.0465. The molecule has 8 heteroatoms. The van der Waals surface area contributed by atoms with E-state index in [0.717, 1.165) is 42.0 Å². The van der Waals surface area contributed by atoms with E-state index in [9.17, 15) is 19.8 Å². The summed E-state index contributed by atoms with van der Waals surface area (Å²) >= 11 is 1.56. The fraction of sp³-hybridized carbons (Fsp3) is 0.759. The van der Waals surface area contributed by atoms with Gasteiger partial charge in [-0.15, -0.1) is 11.3 Å². The van der Waals surface area contributed by atoms with Crippen LogP contribution < -0.4 is 0 Å². The lowest BCUT2D eigenvalue weighted by atomic mass is 9.71. The second kappa shape index (κ2) is 12.1. The van der Waals surface area contributed by atoms with Gasteiger partial charge in [0.25, 0.3) is 0 Å². The molecule has 3 heterocycles. The number of esters is 1. The first-order chi connectivity index (χ1) is 17.3. The summed E-state index contributed by atoms with van der Waals surface area (Å²) in [4.78, 5) is 31.2. The molecule has 7 nitrogen and oxygen atoms in total. The van der Waals surface area contributed by atoms with Gasteiger partial charge >= 0.3 is 5.97 Å². The minimum Gasteiger partial charge on any atom is -0.458 e. The number of cyclic esters (lactones) is 1. The molecule has 0 spiro atoms. The number of carbonyl (C=O) groups excluding carboxylic acids is 2. The van der Waals surface area contributed by atoms with E-state index < -0.39 is 35.6 Å². The van der Waals surface area contributed by atoms with Gasteiger partial charge in [0.2, 0.25) is 0 Å². The number of rotatable bonds is 4. The quantitative estimate of drug-likeness (QED) is 0.400. The highest BCUT2D eigenvalue weighted by Crippen LogP contribution is 2.45. The van der Waals surface area contributed by atoms with Crippen molar-refractivity contribution in [3.05, 3.63) is 21.7 Å². The van der Waals surface area contributed by atoms with Gasteiger partial charge in [-0.3, -0.25) is 9.59 Å². The molecule has 7 atom stereocenters. The fourth-order valence-electron chi connectivity index (χ4n) is 5.47. The van der Waals surface area contributed by atoms with Crippen LogP contribution in [0, 0.1) is 24.2 Å². The van der Waals surface area contributed by atoms with Crippen molar-refractivity contribution in [2.75, 3.05) is 0 Å². The maximum atomic E-state index is 13.6. The van der Waals surface area contributed by atoms with Gasteiger partial charge in [-0.2, -0.15) is 0 Å². The molecular weight excluding hydrogens is 490 g/mol. The number of carbonyl (C=O) groups is 2. The third kappa shape index (κ3) is 7.28. The Balaban J connectivity index is 1.88. The highest BCUT2D eigenvalue weighted by Gasteiger charge is 2.53. The van der Waals surface area contributed by atoms with Crippen LogP contribution in [0.3, 0.4) is 0 Å². The molecule has 0 unspecified atom stereocenters. The Bertz CT molecular complexity index is 987. The van der Waals surface area contributed by atoms with Crippen molar-refractivity contribution in [1.29, 1.82) is 0 Å². The van der Waals surface area contributed by atoms with Crippen LogP contribution in [0.5, 0.6) is 0 Å². The maximum absolute atomic E-state index is 13.6. The van der Waals surface area contributed by atoms with E-state index in [1.54, 1.807) is 25.2 Å². The summed E-state index contributed by atoms with van der Waals surface area (Å²) in [6.45, 7) is 13.2. The molecule has 37 heavy (non-hydrogen) atoms. The summed E-state index contributed by atoms with van der Waals surface area (Å²) in [5.74, 6) is -1.42. The van der Waals surface area contributed by atoms with Gasteiger partial charge in [-0.1, -0.05) is 40.5 Å². The van der Waals surface area contributed by atoms with E-state index in [0.29, 0.717) is 12.8 Å². The van der Waals surface area contributed by atoms with Crippen molar-refractivity contribution >= 4 is 29.2 Å². The lowest BCUT2D eigenvalue weighted by Gasteiger charge is -2.36. The number of aromatic nitrogens is 1. The number of aliphatic hydroxyl groups is 2. The summed E-state index contributed by atoms with van der Waals surface area (Å²) in [7, 11) is 0. The largest absolute Gasteiger partial charge is 0.458 e. The monoisotopic (exact) mass is 535 g/mol. The molecule has 2 saturated heterocycles. The smallest absolute Gasteiger partial charge is 0.309 e. The van der Waals surface area contributed by atoms with Gasteiger partial charge in [0.05, 0.1) is 46.5 Å². The van der Waals surface area contributed by atoms with Crippen molar-refractivity contribution in [1.82, 2.24) is 4.98 Å². The van der Waals surface area contributed by atoms with Crippen LogP contribution in [-0.4, -0.2) is 57.0 Å². The standard InChI is InChI=1S/C29H45NO6S/c1-8-10-21-26(33)17(2)11-9-12-29(7)24(36-29)14-22(18(3)13-20-16-37-19(4)30-20)35-25(32)15-23(31)28(5,6)27(21)34/h13,16-17,21-24,26,31,33H,8-12,14-15H2,1-7H3/b18-13+/t17-,21-,22+,23+,24+,26-,29+/m1/s1.